The normalized spacial score (nSPS) is 21.6. The van der Waals surface area contributed by atoms with Gasteiger partial charge < -0.3 is 9.30 Å². The summed E-state index contributed by atoms with van der Waals surface area (Å²) in [5, 5.41) is 0. The van der Waals surface area contributed by atoms with Crippen molar-refractivity contribution >= 4 is 5.65 Å². The highest BCUT2D eigenvalue weighted by Crippen LogP contribution is 2.26. The van der Waals surface area contributed by atoms with Crippen LogP contribution < -0.4 is 0 Å². The number of likely N-dealkylation sites (tertiary alicyclic amines) is 1. The minimum absolute atomic E-state index is 0.609. The molecule has 0 spiro atoms. The second-order valence-corrected chi connectivity index (χ2v) is 5.29. The van der Waals surface area contributed by atoms with Crippen molar-refractivity contribution in [2.45, 2.75) is 32.6 Å². The van der Waals surface area contributed by atoms with Crippen molar-refractivity contribution in [1.29, 1.82) is 0 Å². The molecule has 1 aliphatic rings. The van der Waals surface area contributed by atoms with E-state index in [1.165, 1.54) is 37.3 Å². The third kappa shape index (κ3) is 2.03. The molecule has 0 bridgehead atoms. The smallest absolute Gasteiger partial charge is 0.137 e. The molecular weight excluding hydrogens is 222 g/mol. The van der Waals surface area contributed by atoms with Crippen LogP contribution in [0.2, 0.25) is 0 Å². The number of likely N-dealkylation sites (N-methyl/N-ethyl adjacent to an activating group) is 1. The summed E-state index contributed by atoms with van der Waals surface area (Å²) in [6, 6.07) is 6.31. The topological polar surface area (TPSA) is 20.5 Å². The van der Waals surface area contributed by atoms with Crippen molar-refractivity contribution in [3.05, 3.63) is 35.8 Å². The standard InChI is InChI=1S/C15H21N3/c1-3-17-9-5-7-13(10-17)14-11-18-12(2)6-4-8-15(18)16-14/h4,6,8,11,13H,3,5,7,9-10H2,1-2H3. The van der Waals surface area contributed by atoms with Crippen LogP contribution in [0.15, 0.2) is 24.4 Å². The average Bonchev–Trinajstić information content (AvgIpc) is 2.84. The van der Waals surface area contributed by atoms with Crippen molar-refractivity contribution in [3.8, 4) is 0 Å². The minimum Gasteiger partial charge on any atom is -0.304 e. The number of piperidine rings is 1. The van der Waals surface area contributed by atoms with Gasteiger partial charge in [-0.05, 0) is 45.0 Å². The van der Waals surface area contributed by atoms with Crippen molar-refractivity contribution in [2.24, 2.45) is 0 Å². The maximum atomic E-state index is 4.80. The molecule has 18 heavy (non-hydrogen) atoms. The third-order valence-electron chi connectivity index (χ3n) is 4.09. The lowest BCUT2D eigenvalue weighted by Crippen LogP contribution is -2.34. The van der Waals surface area contributed by atoms with Gasteiger partial charge in [-0.25, -0.2) is 4.98 Å². The molecule has 0 N–H and O–H groups in total. The Bertz CT molecular complexity index is 544. The van der Waals surface area contributed by atoms with Gasteiger partial charge in [-0.3, -0.25) is 0 Å². The van der Waals surface area contributed by atoms with Crippen LogP contribution in [0.25, 0.3) is 5.65 Å². The molecule has 3 heterocycles. The lowest BCUT2D eigenvalue weighted by Gasteiger charge is -2.30. The van der Waals surface area contributed by atoms with Gasteiger partial charge in [0.15, 0.2) is 0 Å². The Balaban J connectivity index is 1.92. The summed E-state index contributed by atoms with van der Waals surface area (Å²) in [4.78, 5) is 7.34. The quantitative estimate of drug-likeness (QED) is 0.808. The second kappa shape index (κ2) is 4.73. The highest BCUT2D eigenvalue weighted by Gasteiger charge is 2.22. The maximum absolute atomic E-state index is 4.80. The van der Waals surface area contributed by atoms with Gasteiger partial charge in [-0.1, -0.05) is 13.0 Å². The van der Waals surface area contributed by atoms with Crippen LogP contribution in [0, 0.1) is 6.92 Å². The number of imidazole rings is 1. The van der Waals surface area contributed by atoms with E-state index in [0.29, 0.717) is 5.92 Å². The molecule has 0 saturated carbocycles. The lowest BCUT2D eigenvalue weighted by atomic mass is 9.95. The zero-order valence-electron chi connectivity index (χ0n) is 11.3. The van der Waals surface area contributed by atoms with E-state index in [2.05, 4.69) is 47.5 Å². The van der Waals surface area contributed by atoms with Gasteiger partial charge in [0.2, 0.25) is 0 Å². The van der Waals surface area contributed by atoms with E-state index in [4.69, 9.17) is 4.98 Å². The van der Waals surface area contributed by atoms with E-state index >= 15 is 0 Å². The predicted octanol–water partition coefficient (Wildman–Crippen LogP) is 2.84. The predicted molar refractivity (Wildman–Crippen MR) is 74.0 cm³/mol. The number of nitrogens with zero attached hydrogens (tertiary/aromatic N) is 3. The van der Waals surface area contributed by atoms with E-state index < -0.39 is 0 Å². The van der Waals surface area contributed by atoms with Crippen molar-refractivity contribution in [3.63, 3.8) is 0 Å². The van der Waals surface area contributed by atoms with Crippen LogP contribution >= 0.6 is 0 Å². The summed E-state index contributed by atoms with van der Waals surface area (Å²) in [7, 11) is 0. The van der Waals surface area contributed by atoms with E-state index in [1.54, 1.807) is 0 Å². The molecule has 0 amide bonds. The summed E-state index contributed by atoms with van der Waals surface area (Å²) in [5.74, 6) is 0.609. The largest absolute Gasteiger partial charge is 0.304 e. The Morgan fingerprint density at radius 3 is 3.06 bits per heavy atom. The zero-order chi connectivity index (χ0) is 12.5. The highest BCUT2D eigenvalue weighted by atomic mass is 15.1. The van der Waals surface area contributed by atoms with Crippen LogP contribution in [0.5, 0.6) is 0 Å². The molecule has 2 aromatic rings. The first kappa shape index (κ1) is 11.7. The number of rotatable bonds is 2. The molecule has 3 heteroatoms. The number of aromatic nitrogens is 2. The Kier molecular flexibility index (Phi) is 3.08. The molecule has 2 aromatic heterocycles. The zero-order valence-corrected chi connectivity index (χ0v) is 11.3. The highest BCUT2D eigenvalue weighted by molar-refractivity contribution is 5.42. The van der Waals surface area contributed by atoms with E-state index in [9.17, 15) is 0 Å². The van der Waals surface area contributed by atoms with Crippen molar-refractivity contribution in [2.75, 3.05) is 19.6 Å². The molecule has 0 aliphatic carbocycles. The fraction of sp³-hybridized carbons (Fsp3) is 0.533. The Morgan fingerprint density at radius 2 is 2.28 bits per heavy atom. The van der Waals surface area contributed by atoms with Crippen LogP contribution in [0.1, 0.15) is 37.1 Å². The second-order valence-electron chi connectivity index (χ2n) is 5.29. The Hall–Kier alpha value is -1.35. The monoisotopic (exact) mass is 243 g/mol. The lowest BCUT2D eigenvalue weighted by molar-refractivity contribution is 0.216. The van der Waals surface area contributed by atoms with Gasteiger partial charge in [0.05, 0.1) is 5.69 Å². The summed E-state index contributed by atoms with van der Waals surface area (Å²) in [5.41, 5.74) is 3.61. The van der Waals surface area contributed by atoms with E-state index in [1.807, 2.05) is 0 Å². The van der Waals surface area contributed by atoms with Crippen LogP contribution in [-0.2, 0) is 0 Å². The number of hydrogen-bond acceptors (Lipinski definition) is 2. The third-order valence-corrected chi connectivity index (χ3v) is 4.09. The van der Waals surface area contributed by atoms with E-state index in [0.717, 1.165) is 12.2 Å². The first-order valence-electron chi connectivity index (χ1n) is 6.95. The van der Waals surface area contributed by atoms with Gasteiger partial charge in [0, 0.05) is 24.4 Å². The Morgan fingerprint density at radius 1 is 1.39 bits per heavy atom. The molecule has 0 radical (unpaired) electrons. The molecule has 1 aliphatic heterocycles. The average molecular weight is 243 g/mol. The fourth-order valence-corrected chi connectivity index (χ4v) is 2.95. The molecule has 96 valence electrons. The number of fused-ring (bicyclic) bond motifs is 1. The number of pyridine rings is 1. The van der Waals surface area contributed by atoms with Crippen molar-refractivity contribution in [1.82, 2.24) is 14.3 Å². The van der Waals surface area contributed by atoms with E-state index in [-0.39, 0.29) is 0 Å². The summed E-state index contributed by atoms with van der Waals surface area (Å²) >= 11 is 0. The van der Waals surface area contributed by atoms with Gasteiger partial charge >= 0.3 is 0 Å². The minimum atomic E-state index is 0.609. The van der Waals surface area contributed by atoms with Crippen LogP contribution in [0.3, 0.4) is 0 Å². The number of hydrogen-bond donors (Lipinski definition) is 0. The number of aryl methyl sites for hydroxylation is 1. The van der Waals surface area contributed by atoms with Crippen molar-refractivity contribution < 1.29 is 0 Å². The van der Waals surface area contributed by atoms with Gasteiger partial charge in [0.25, 0.3) is 0 Å². The Labute approximate surface area is 108 Å². The molecule has 3 rings (SSSR count). The van der Waals surface area contributed by atoms with Gasteiger partial charge in [-0.15, -0.1) is 0 Å². The van der Waals surface area contributed by atoms with Crippen LogP contribution in [0.4, 0.5) is 0 Å². The fourth-order valence-electron chi connectivity index (χ4n) is 2.95. The summed E-state index contributed by atoms with van der Waals surface area (Å²) < 4.78 is 2.21. The maximum Gasteiger partial charge on any atom is 0.137 e. The summed E-state index contributed by atoms with van der Waals surface area (Å²) in [6.45, 7) is 7.95. The summed E-state index contributed by atoms with van der Waals surface area (Å²) in [6.07, 6.45) is 4.80. The molecule has 1 fully saturated rings. The molecule has 3 nitrogen and oxygen atoms in total. The molecule has 1 atom stereocenters. The van der Waals surface area contributed by atoms with Crippen LogP contribution in [-0.4, -0.2) is 33.9 Å². The molecule has 0 aromatic carbocycles. The van der Waals surface area contributed by atoms with Gasteiger partial charge in [-0.2, -0.15) is 0 Å². The molecule has 1 saturated heterocycles. The van der Waals surface area contributed by atoms with Gasteiger partial charge in [0.1, 0.15) is 5.65 Å². The molecule has 1 unspecified atom stereocenters. The first-order valence-corrected chi connectivity index (χ1v) is 6.95. The SMILES string of the molecule is CCN1CCCC(c2cn3c(C)cccc3n2)C1. The first-order chi connectivity index (χ1) is 8.78. The molecular formula is C15H21N3.